The summed E-state index contributed by atoms with van der Waals surface area (Å²) in [5.74, 6) is 0.562. The Morgan fingerprint density at radius 3 is 3.11 bits per heavy atom. The third-order valence-corrected chi connectivity index (χ3v) is 4.64. The molecule has 6 heteroatoms. The highest BCUT2D eigenvalue weighted by Gasteiger charge is 2.47. The summed E-state index contributed by atoms with van der Waals surface area (Å²) in [4.78, 5) is 2.41. The van der Waals surface area contributed by atoms with E-state index >= 15 is 0 Å². The molecule has 0 aliphatic carbocycles. The summed E-state index contributed by atoms with van der Waals surface area (Å²) in [7, 11) is 0. The lowest BCUT2D eigenvalue weighted by molar-refractivity contribution is -0.0560. The monoisotopic (exact) mass is 285 g/mol. The van der Waals surface area contributed by atoms with Crippen LogP contribution in [-0.4, -0.2) is 59.2 Å². The molecule has 19 heavy (non-hydrogen) atoms. The third kappa shape index (κ3) is 2.65. The molecule has 0 aromatic carbocycles. The average molecular weight is 286 g/mol. The minimum absolute atomic E-state index is 0.0417. The predicted molar refractivity (Wildman–Crippen MR) is 72.1 cm³/mol. The van der Waals surface area contributed by atoms with Crippen LogP contribution in [0.2, 0.25) is 5.02 Å². The van der Waals surface area contributed by atoms with Crippen LogP contribution in [0.5, 0.6) is 0 Å². The third-order valence-electron chi connectivity index (χ3n) is 4.45. The van der Waals surface area contributed by atoms with Gasteiger partial charge in [0.15, 0.2) is 0 Å². The van der Waals surface area contributed by atoms with Crippen LogP contribution in [0.1, 0.15) is 6.42 Å². The molecule has 0 radical (unpaired) electrons. The van der Waals surface area contributed by atoms with Gasteiger partial charge in [0.1, 0.15) is 0 Å². The van der Waals surface area contributed by atoms with E-state index in [1.54, 1.807) is 6.20 Å². The molecule has 2 saturated heterocycles. The van der Waals surface area contributed by atoms with E-state index in [0.29, 0.717) is 17.5 Å². The molecule has 0 unspecified atom stereocenters. The van der Waals surface area contributed by atoms with E-state index in [2.05, 4.69) is 10.00 Å². The van der Waals surface area contributed by atoms with Crippen LogP contribution in [-0.2, 0) is 11.3 Å². The molecule has 2 fully saturated rings. The minimum atomic E-state index is -0.0417. The molecule has 2 aliphatic rings. The quantitative estimate of drug-likeness (QED) is 0.892. The summed E-state index contributed by atoms with van der Waals surface area (Å²) in [6, 6.07) is 0. The van der Waals surface area contributed by atoms with Crippen LogP contribution < -0.4 is 0 Å². The van der Waals surface area contributed by atoms with Gasteiger partial charge in [0.05, 0.1) is 31.0 Å². The Bertz CT molecular complexity index is 439. The molecule has 3 heterocycles. The molecule has 1 aromatic rings. The fraction of sp³-hybridized carbons (Fsp3) is 0.769. The van der Waals surface area contributed by atoms with Crippen molar-refractivity contribution in [3.8, 4) is 0 Å². The Hall–Kier alpha value is -0.620. The first kappa shape index (κ1) is 13.4. The SMILES string of the molecule is OC[C@]12COCC[C@H]1CN(CCn1cc(Cl)cn1)C2. The topological polar surface area (TPSA) is 50.5 Å². The molecule has 0 bridgehead atoms. The maximum Gasteiger partial charge on any atom is 0.0785 e. The highest BCUT2D eigenvalue weighted by Crippen LogP contribution is 2.40. The van der Waals surface area contributed by atoms with Crippen molar-refractivity contribution in [3.05, 3.63) is 17.4 Å². The number of aromatic nitrogens is 2. The number of hydrogen-bond donors (Lipinski definition) is 1. The van der Waals surface area contributed by atoms with Crippen LogP contribution in [0, 0.1) is 11.3 Å². The zero-order chi connectivity index (χ0) is 13.3. The lowest BCUT2D eigenvalue weighted by Gasteiger charge is -2.36. The second-order valence-corrected chi connectivity index (χ2v) is 6.15. The summed E-state index contributed by atoms with van der Waals surface area (Å²) >= 11 is 5.85. The molecule has 0 saturated carbocycles. The molecule has 0 spiro atoms. The van der Waals surface area contributed by atoms with Crippen molar-refractivity contribution >= 4 is 11.6 Å². The van der Waals surface area contributed by atoms with Crippen molar-refractivity contribution in [3.63, 3.8) is 0 Å². The average Bonchev–Trinajstić information content (AvgIpc) is 3.00. The molecule has 1 aromatic heterocycles. The standard InChI is InChI=1S/C13H20ClN3O2/c14-12-5-15-17(7-12)3-2-16-6-11-1-4-19-10-13(11,8-16)9-18/h5,7,11,18H,1-4,6,8-10H2/t11-,13+/m0/s1. The van der Waals surface area contributed by atoms with Gasteiger partial charge in [-0.25, -0.2) is 0 Å². The Labute approximate surface area is 118 Å². The first-order valence-electron chi connectivity index (χ1n) is 6.81. The largest absolute Gasteiger partial charge is 0.396 e. The molecule has 0 amide bonds. The van der Waals surface area contributed by atoms with E-state index in [-0.39, 0.29) is 12.0 Å². The number of halogens is 1. The Morgan fingerprint density at radius 1 is 1.53 bits per heavy atom. The van der Waals surface area contributed by atoms with Gasteiger partial charge >= 0.3 is 0 Å². The zero-order valence-electron chi connectivity index (χ0n) is 11.0. The van der Waals surface area contributed by atoms with Gasteiger partial charge in [-0.05, 0) is 12.3 Å². The number of ether oxygens (including phenoxy) is 1. The van der Waals surface area contributed by atoms with E-state index in [0.717, 1.165) is 39.2 Å². The van der Waals surface area contributed by atoms with Gasteiger partial charge in [-0.2, -0.15) is 5.10 Å². The maximum atomic E-state index is 9.72. The van der Waals surface area contributed by atoms with Gasteiger partial charge in [-0.1, -0.05) is 11.6 Å². The highest BCUT2D eigenvalue weighted by atomic mass is 35.5. The van der Waals surface area contributed by atoms with Crippen molar-refractivity contribution in [2.24, 2.45) is 11.3 Å². The Morgan fingerprint density at radius 2 is 2.42 bits per heavy atom. The second kappa shape index (κ2) is 5.40. The van der Waals surface area contributed by atoms with E-state index in [9.17, 15) is 5.11 Å². The summed E-state index contributed by atoms with van der Waals surface area (Å²) in [5, 5.41) is 14.6. The number of hydrogen-bond acceptors (Lipinski definition) is 4. The van der Waals surface area contributed by atoms with Crippen LogP contribution in [0.15, 0.2) is 12.4 Å². The summed E-state index contributed by atoms with van der Waals surface area (Å²) in [6.07, 6.45) is 4.56. The van der Waals surface area contributed by atoms with Gasteiger partial charge in [-0.15, -0.1) is 0 Å². The molecule has 106 valence electrons. The lowest BCUT2D eigenvalue weighted by Crippen LogP contribution is -2.43. The fourth-order valence-electron chi connectivity index (χ4n) is 3.31. The predicted octanol–water partition coefficient (Wildman–Crippen LogP) is 0.867. The summed E-state index contributed by atoms with van der Waals surface area (Å²) in [6.45, 7) is 5.50. The maximum absolute atomic E-state index is 9.72. The van der Waals surface area contributed by atoms with Crippen LogP contribution in [0.4, 0.5) is 0 Å². The van der Waals surface area contributed by atoms with E-state index < -0.39 is 0 Å². The lowest BCUT2D eigenvalue weighted by atomic mass is 9.76. The first-order valence-corrected chi connectivity index (χ1v) is 7.19. The van der Waals surface area contributed by atoms with E-state index in [1.165, 1.54) is 0 Å². The van der Waals surface area contributed by atoms with Crippen molar-refractivity contribution in [1.29, 1.82) is 0 Å². The molecule has 2 aliphatic heterocycles. The van der Waals surface area contributed by atoms with Gasteiger partial charge < -0.3 is 14.7 Å². The number of likely N-dealkylation sites (tertiary alicyclic amines) is 1. The first-order chi connectivity index (χ1) is 9.22. The Balaban J connectivity index is 1.58. The van der Waals surface area contributed by atoms with Crippen LogP contribution in [0.3, 0.4) is 0 Å². The van der Waals surface area contributed by atoms with Crippen molar-refractivity contribution in [2.75, 3.05) is 39.5 Å². The molecular weight excluding hydrogens is 266 g/mol. The fourth-order valence-corrected chi connectivity index (χ4v) is 3.46. The Kier molecular flexibility index (Phi) is 3.80. The minimum Gasteiger partial charge on any atom is -0.396 e. The second-order valence-electron chi connectivity index (χ2n) is 5.72. The molecular formula is C13H20ClN3O2. The highest BCUT2D eigenvalue weighted by molar-refractivity contribution is 6.30. The number of fused-ring (bicyclic) bond motifs is 1. The van der Waals surface area contributed by atoms with Gasteiger partial charge in [-0.3, -0.25) is 4.68 Å². The van der Waals surface area contributed by atoms with Gasteiger partial charge in [0, 0.05) is 37.9 Å². The van der Waals surface area contributed by atoms with E-state index in [4.69, 9.17) is 16.3 Å². The van der Waals surface area contributed by atoms with Gasteiger partial charge in [0.2, 0.25) is 0 Å². The molecule has 3 rings (SSSR count). The molecule has 5 nitrogen and oxygen atoms in total. The summed E-state index contributed by atoms with van der Waals surface area (Å²) in [5.41, 5.74) is -0.0417. The number of rotatable bonds is 4. The van der Waals surface area contributed by atoms with Crippen LogP contribution >= 0.6 is 11.6 Å². The van der Waals surface area contributed by atoms with Crippen molar-refractivity contribution in [2.45, 2.75) is 13.0 Å². The van der Waals surface area contributed by atoms with Crippen molar-refractivity contribution < 1.29 is 9.84 Å². The molecule has 2 atom stereocenters. The van der Waals surface area contributed by atoms with Crippen LogP contribution in [0.25, 0.3) is 0 Å². The van der Waals surface area contributed by atoms with E-state index in [1.807, 2.05) is 10.9 Å². The summed E-state index contributed by atoms with van der Waals surface area (Å²) < 4.78 is 7.44. The number of aliphatic hydroxyl groups is 1. The number of aliphatic hydroxyl groups excluding tert-OH is 1. The molecule has 1 N–H and O–H groups in total. The van der Waals surface area contributed by atoms with Gasteiger partial charge in [0.25, 0.3) is 0 Å². The zero-order valence-corrected chi connectivity index (χ0v) is 11.7. The normalized spacial score (nSPS) is 31.6. The smallest absolute Gasteiger partial charge is 0.0785 e. The number of nitrogens with zero attached hydrogens (tertiary/aromatic N) is 3. The van der Waals surface area contributed by atoms with Crippen molar-refractivity contribution in [1.82, 2.24) is 14.7 Å².